The van der Waals surface area contributed by atoms with E-state index in [0.29, 0.717) is 24.0 Å². The first kappa shape index (κ1) is 20.1. The molecule has 0 radical (unpaired) electrons. The Labute approximate surface area is 177 Å². The quantitative estimate of drug-likeness (QED) is 0.540. The Morgan fingerprint density at radius 1 is 1.24 bits per heavy atom. The van der Waals surface area contributed by atoms with Gasteiger partial charge in [-0.2, -0.15) is 4.98 Å². The SMILES string of the molecule is COCc1nc(C(=O)N2CCN(CCCc3nc(-c4cccs4)no3)CC2)cs1. The van der Waals surface area contributed by atoms with E-state index in [1.807, 2.05) is 27.8 Å². The van der Waals surface area contributed by atoms with E-state index in [9.17, 15) is 4.79 Å². The maximum absolute atomic E-state index is 12.6. The lowest BCUT2D eigenvalue weighted by Crippen LogP contribution is -2.49. The summed E-state index contributed by atoms with van der Waals surface area (Å²) in [5, 5.41) is 8.70. The molecule has 1 amide bonds. The maximum Gasteiger partial charge on any atom is 0.273 e. The molecule has 0 bridgehead atoms. The number of nitrogens with zero attached hydrogens (tertiary/aromatic N) is 5. The molecular weight excluding hydrogens is 410 g/mol. The van der Waals surface area contributed by atoms with Crippen LogP contribution in [0.1, 0.15) is 27.8 Å². The molecule has 154 valence electrons. The standard InChI is InChI=1S/C19H23N5O3S2/c1-26-12-17-20-14(13-29-17)19(25)24-9-7-23(8-10-24)6-2-5-16-21-18(22-27-16)15-4-3-11-28-15/h3-4,11,13H,2,5-10,12H2,1H3. The highest BCUT2D eigenvalue weighted by molar-refractivity contribution is 7.13. The lowest BCUT2D eigenvalue weighted by atomic mass is 10.2. The Bertz CT molecular complexity index is 916. The molecule has 29 heavy (non-hydrogen) atoms. The molecule has 0 aromatic carbocycles. The smallest absolute Gasteiger partial charge is 0.273 e. The number of piperazine rings is 1. The number of rotatable bonds is 8. The molecule has 1 fully saturated rings. The first-order chi connectivity index (χ1) is 14.2. The van der Waals surface area contributed by atoms with Gasteiger partial charge in [0.25, 0.3) is 5.91 Å². The fourth-order valence-corrected chi connectivity index (χ4v) is 4.64. The van der Waals surface area contributed by atoms with Crippen LogP contribution in [0.3, 0.4) is 0 Å². The topological polar surface area (TPSA) is 84.6 Å². The van der Waals surface area contributed by atoms with Gasteiger partial charge in [-0.15, -0.1) is 22.7 Å². The maximum atomic E-state index is 12.6. The zero-order chi connectivity index (χ0) is 20.1. The van der Waals surface area contributed by atoms with E-state index in [1.165, 1.54) is 11.3 Å². The minimum absolute atomic E-state index is 0.00946. The number of ether oxygens (including phenoxy) is 1. The zero-order valence-electron chi connectivity index (χ0n) is 16.2. The van der Waals surface area contributed by atoms with Gasteiger partial charge in [-0.25, -0.2) is 4.98 Å². The molecule has 0 aliphatic carbocycles. The second-order valence-electron chi connectivity index (χ2n) is 6.79. The summed E-state index contributed by atoms with van der Waals surface area (Å²) in [4.78, 5) is 26.7. The monoisotopic (exact) mass is 433 g/mol. The Morgan fingerprint density at radius 3 is 2.86 bits per heavy atom. The fraction of sp³-hybridized carbons (Fsp3) is 0.474. The van der Waals surface area contributed by atoms with Gasteiger partial charge in [-0.05, 0) is 24.4 Å². The Kier molecular flexibility index (Phi) is 6.65. The number of thiophene rings is 1. The van der Waals surface area contributed by atoms with Crippen molar-refractivity contribution in [3.63, 3.8) is 0 Å². The highest BCUT2D eigenvalue weighted by Crippen LogP contribution is 2.21. The number of amides is 1. The molecule has 8 nitrogen and oxygen atoms in total. The largest absolute Gasteiger partial charge is 0.378 e. The van der Waals surface area contributed by atoms with Crippen LogP contribution in [0.5, 0.6) is 0 Å². The third-order valence-electron chi connectivity index (χ3n) is 4.77. The Morgan fingerprint density at radius 2 is 2.10 bits per heavy atom. The number of hydrogen-bond acceptors (Lipinski definition) is 9. The van der Waals surface area contributed by atoms with E-state index in [4.69, 9.17) is 9.26 Å². The molecule has 4 rings (SSSR count). The van der Waals surface area contributed by atoms with Crippen LogP contribution < -0.4 is 0 Å². The molecule has 0 N–H and O–H groups in total. The van der Waals surface area contributed by atoms with Crippen molar-refractivity contribution >= 4 is 28.6 Å². The zero-order valence-corrected chi connectivity index (χ0v) is 17.9. The number of carbonyl (C=O) groups is 1. The summed E-state index contributed by atoms with van der Waals surface area (Å²) >= 11 is 3.07. The molecule has 10 heteroatoms. The Balaban J connectivity index is 1.19. The third kappa shape index (κ3) is 5.08. The van der Waals surface area contributed by atoms with Crippen LogP contribution in [0.2, 0.25) is 0 Å². The predicted octanol–water partition coefficient (Wildman–Crippen LogP) is 2.79. The summed E-state index contributed by atoms with van der Waals surface area (Å²) in [6.45, 7) is 4.57. The number of thiazole rings is 1. The second kappa shape index (κ2) is 9.57. The van der Waals surface area contributed by atoms with E-state index >= 15 is 0 Å². The van der Waals surface area contributed by atoms with Crippen molar-refractivity contribution in [2.45, 2.75) is 19.4 Å². The number of carbonyl (C=O) groups excluding carboxylic acids is 1. The van der Waals surface area contributed by atoms with Gasteiger partial charge in [0.15, 0.2) is 0 Å². The number of hydrogen-bond donors (Lipinski definition) is 0. The van der Waals surface area contributed by atoms with Crippen LogP contribution in [-0.4, -0.2) is 70.7 Å². The molecular formula is C19H23N5O3S2. The first-order valence-corrected chi connectivity index (χ1v) is 11.3. The number of aryl methyl sites for hydroxylation is 1. The fourth-order valence-electron chi connectivity index (χ4n) is 3.25. The minimum Gasteiger partial charge on any atom is -0.378 e. The number of methoxy groups -OCH3 is 1. The van der Waals surface area contributed by atoms with E-state index in [-0.39, 0.29) is 5.91 Å². The average molecular weight is 434 g/mol. The Hall–Kier alpha value is -2.14. The second-order valence-corrected chi connectivity index (χ2v) is 8.68. The lowest BCUT2D eigenvalue weighted by Gasteiger charge is -2.34. The van der Waals surface area contributed by atoms with Gasteiger partial charge in [-0.1, -0.05) is 11.2 Å². The van der Waals surface area contributed by atoms with E-state index < -0.39 is 0 Å². The van der Waals surface area contributed by atoms with Crippen LogP contribution in [0, 0.1) is 0 Å². The molecule has 0 atom stereocenters. The summed E-state index contributed by atoms with van der Waals surface area (Å²) in [6, 6.07) is 3.97. The van der Waals surface area contributed by atoms with Crippen molar-refractivity contribution in [2.24, 2.45) is 0 Å². The van der Waals surface area contributed by atoms with Crippen LogP contribution in [0.15, 0.2) is 27.4 Å². The molecule has 1 aliphatic heterocycles. The molecule has 3 aromatic heterocycles. The van der Waals surface area contributed by atoms with E-state index in [1.54, 1.807) is 18.4 Å². The summed E-state index contributed by atoms with van der Waals surface area (Å²) in [6.07, 6.45) is 1.71. The molecule has 3 aromatic rings. The van der Waals surface area contributed by atoms with E-state index in [0.717, 1.165) is 55.5 Å². The highest BCUT2D eigenvalue weighted by atomic mass is 32.1. The normalized spacial score (nSPS) is 15.1. The van der Waals surface area contributed by atoms with Crippen molar-refractivity contribution in [1.29, 1.82) is 0 Å². The van der Waals surface area contributed by atoms with Gasteiger partial charge < -0.3 is 14.2 Å². The molecule has 0 spiro atoms. The van der Waals surface area contributed by atoms with Gasteiger partial charge >= 0.3 is 0 Å². The van der Waals surface area contributed by atoms with Gasteiger partial charge in [0.05, 0.1) is 11.5 Å². The average Bonchev–Trinajstić information content (AvgIpc) is 3.50. The van der Waals surface area contributed by atoms with Crippen molar-refractivity contribution in [1.82, 2.24) is 24.9 Å². The van der Waals surface area contributed by atoms with Crippen LogP contribution >= 0.6 is 22.7 Å². The number of aromatic nitrogens is 3. The van der Waals surface area contributed by atoms with Crippen molar-refractivity contribution in [3.05, 3.63) is 39.5 Å². The van der Waals surface area contributed by atoms with Crippen LogP contribution in [0.25, 0.3) is 10.7 Å². The minimum atomic E-state index is 0.00946. The summed E-state index contributed by atoms with van der Waals surface area (Å²) in [5.41, 5.74) is 0.522. The van der Waals surface area contributed by atoms with Crippen molar-refractivity contribution in [3.8, 4) is 10.7 Å². The van der Waals surface area contributed by atoms with Crippen LogP contribution in [0.4, 0.5) is 0 Å². The van der Waals surface area contributed by atoms with Crippen molar-refractivity contribution < 1.29 is 14.1 Å². The highest BCUT2D eigenvalue weighted by Gasteiger charge is 2.23. The van der Waals surface area contributed by atoms with E-state index in [2.05, 4.69) is 20.0 Å². The summed E-state index contributed by atoms with van der Waals surface area (Å²) in [7, 11) is 1.63. The summed E-state index contributed by atoms with van der Waals surface area (Å²) < 4.78 is 10.4. The van der Waals surface area contributed by atoms with Gasteiger partial charge in [0, 0.05) is 45.1 Å². The molecule has 1 saturated heterocycles. The van der Waals surface area contributed by atoms with Crippen molar-refractivity contribution in [2.75, 3.05) is 39.8 Å². The van der Waals surface area contributed by atoms with Crippen LogP contribution in [-0.2, 0) is 17.8 Å². The third-order valence-corrected chi connectivity index (χ3v) is 6.46. The molecule has 1 aliphatic rings. The van der Waals surface area contributed by atoms with Gasteiger partial charge in [-0.3, -0.25) is 9.69 Å². The molecule has 4 heterocycles. The van der Waals surface area contributed by atoms with Gasteiger partial charge in [0.2, 0.25) is 11.7 Å². The lowest BCUT2D eigenvalue weighted by molar-refractivity contribution is 0.0630. The summed E-state index contributed by atoms with van der Waals surface area (Å²) in [5.74, 6) is 1.35. The molecule has 0 saturated carbocycles. The first-order valence-electron chi connectivity index (χ1n) is 9.54. The predicted molar refractivity (Wildman–Crippen MR) is 111 cm³/mol. The molecule has 0 unspecified atom stereocenters. The van der Waals surface area contributed by atoms with Gasteiger partial charge in [0.1, 0.15) is 10.7 Å².